The highest BCUT2D eigenvalue weighted by Crippen LogP contribution is 2.36. The standard InChI is InChI=1S/C16H10N2O3/c19-16-11-5-13-14(21-8-20-13)6-12(11)17-15-10-4-2-1-3-9(10)7-18(15)16/h1-6H,7-8H2. The van der Waals surface area contributed by atoms with Gasteiger partial charge in [0.05, 0.1) is 17.4 Å². The molecular formula is C16H10N2O3. The minimum atomic E-state index is -0.0375. The third-order valence-corrected chi connectivity index (χ3v) is 4.04. The van der Waals surface area contributed by atoms with Crippen molar-refractivity contribution in [1.29, 1.82) is 0 Å². The molecule has 0 atom stereocenters. The molecule has 0 spiro atoms. The van der Waals surface area contributed by atoms with E-state index in [0.717, 1.165) is 17.0 Å². The second-order valence-electron chi connectivity index (χ2n) is 5.21. The number of nitrogens with zero attached hydrogens (tertiary/aromatic N) is 2. The van der Waals surface area contributed by atoms with Gasteiger partial charge in [-0.1, -0.05) is 24.3 Å². The third-order valence-electron chi connectivity index (χ3n) is 4.04. The molecule has 0 fully saturated rings. The van der Waals surface area contributed by atoms with Crippen molar-refractivity contribution in [1.82, 2.24) is 9.55 Å². The van der Waals surface area contributed by atoms with Gasteiger partial charge in [-0.3, -0.25) is 9.36 Å². The molecule has 21 heavy (non-hydrogen) atoms. The van der Waals surface area contributed by atoms with Gasteiger partial charge in [0.2, 0.25) is 6.79 Å². The van der Waals surface area contributed by atoms with E-state index in [4.69, 9.17) is 9.47 Å². The van der Waals surface area contributed by atoms with Crippen molar-refractivity contribution in [2.24, 2.45) is 0 Å². The molecule has 2 aromatic carbocycles. The fourth-order valence-electron chi connectivity index (χ4n) is 3.01. The molecule has 1 aromatic heterocycles. The second kappa shape index (κ2) is 3.63. The van der Waals surface area contributed by atoms with E-state index in [0.29, 0.717) is 28.9 Å². The number of ether oxygens (including phenoxy) is 2. The van der Waals surface area contributed by atoms with Gasteiger partial charge < -0.3 is 9.47 Å². The van der Waals surface area contributed by atoms with E-state index < -0.39 is 0 Å². The average Bonchev–Trinajstić information content (AvgIpc) is 3.10. The van der Waals surface area contributed by atoms with E-state index in [2.05, 4.69) is 4.98 Å². The molecule has 0 saturated heterocycles. The van der Waals surface area contributed by atoms with Crippen LogP contribution in [0.1, 0.15) is 5.56 Å². The largest absolute Gasteiger partial charge is 0.454 e. The lowest BCUT2D eigenvalue weighted by molar-refractivity contribution is 0.174. The summed E-state index contributed by atoms with van der Waals surface area (Å²) < 4.78 is 12.4. The van der Waals surface area contributed by atoms with Crippen LogP contribution in [0.4, 0.5) is 0 Å². The number of hydrogen-bond donors (Lipinski definition) is 0. The molecule has 3 heterocycles. The topological polar surface area (TPSA) is 53.4 Å². The zero-order valence-corrected chi connectivity index (χ0v) is 11.0. The maximum absolute atomic E-state index is 12.7. The molecular weight excluding hydrogens is 268 g/mol. The number of hydrogen-bond acceptors (Lipinski definition) is 4. The summed E-state index contributed by atoms with van der Waals surface area (Å²) in [5.74, 6) is 1.98. The Labute approximate surface area is 119 Å². The lowest BCUT2D eigenvalue weighted by Crippen LogP contribution is -2.20. The van der Waals surface area contributed by atoms with Crippen LogP contribution in [0.2, 0.25) is 0 Å². The number of benzene rings is 2. The van der Waals surface area contributed by atoms with Gasteiger partial charge in [-0.25, -0.2) is 4.98 Å². The van der Waals surface area contributed by atoms with E-state index in [1.54, 1.807) is 16.7 Å². The van der Waals surface area contributed by atoms with Crippen LogP contribution in [0.3, 0.4) is 0 Å². The van der Waals surface area contributed by atoms with Crippen molar-refractivity contribution in [3.63, 3.8) is 0 Å². The summed E-state index contributed by atoms with van der Waals surface area (Å²) in [6.07, 6.45) is 0. The Hall–Kier alpha value is -2.82. The zero-order valence-electron chi connectivity index (χ0n) is 11.0. The van der Waals surface area contributed by atoms with Crippen molar-refractivity contribution < 1.29 is 9.47 Å². The van der Waals surface area contributed by atoms with Gasteiger partial charge in [-0.05, 0) is 11.6 Å². The normalized spacial score (nSPS) is 14.3. The van der Waals surface area contributed by atoms with E-state index in [1.165, 1.54) is 0 Å². The van der Waals surface area contributed by atoms with Crippen LogP contribution in [0.25, 0.3) is 22.3 Å². The molecule has 0 amide bonds. The Morgan fingerprint density at radius 1 is 1.10 bits per heavy atom. The van der Waals surface area contributed by atoms with Gasteiger partial charge in [0, 0.05) is 11.6 Å². The highest BCUT2D eigenvalue weighted by molar-refractivity contribution is 5.84. The average molecular weight is 278 g/mol. The molecule has 5 nitrogen and oxygen atoms in total. The Morgan fingerprint density at radius 2 is 1.90 bits per heavy atom. The molecule has 5 heteroatoms. The first-order chi connectivity index (χ1) is 10.3. The Morgan fingerprint density at radius 3 is 2.81 bits per heavy atom. The highest BCUT2D eigenvalue weighted by Gasteiger charge is 2.24. The predicted octanol–water partition coefficient (Wildman–Crippen LogP) is 2.15. The second-order valence-corrected chi connectivity index (χ2v) is 5.21. The van der Waals surface area contributed by atoms with Gasteiger partial charge in [-0.2, -0.15) is 0 Å². The number of fused-ring (bicyclic) bond motifs is 5. The molecule has 5 rings (SSSR count). The SMILES string of the molecule is O=c1c2cc3c(cc2nc2n1Cc1ccccc1-2)OCO3. The summed E-state index contributed by atoms with van der Waals surface area (Å²) in [7, 11) is 0. The van der Waals surface area contributed by atoms with Crippen LogP contribution in [-0.2, 0) is 6.54 Å². The Balaban J connectivity index is 1.88. The number of aromatic nitrogens is 2. The molecule has 0 radical (unpaired) electrons. The molecule has 0 unspecified atom stereocenters. The summed E-state index contributed by atoms with van der Waals surface area (Å²) in [6.45, 7) is 0.761. The maximum Gasteiger partial charge on any atom is 0.262 e. The Kier molecular flexibility index (Phi) is 1.89. The minimum absolute atomic E-state index is 0.0375. The summed E-state index contributed by atoms with van der Waals surface area (Å²) in [5.41, 5.74) is 2.75. The summed E-state index contributed by atoms with van der Waals surface area (Å²) in [4.78, 5) is 17.4. The molecule has 0 N–H and O–H groups in total. The minimum Gasteiger partial charge on any atom is -0.454 e. The van der Waals surface area contributed by atoms with Crippen molar-refractivity contribution in [3.8, 4) is 22.9 Å². The van der Waals surface area contributed by atoms with E-state index in [1.807, 2.05) is 24.3 Å². The van der Waals surface area contributed by atoms with Crippen LogP contribution in [0.15, 0.2) is 41.2 Å². The van der Waals surface area contributed by atoms with Gasteiger partial charge >= 0.3 is 0 Å². The van der Waals surface area contributed by atoms with Crippen molar-refractivity contribution in [3.05, 3.63) is 52.3 Å². The van der Waals surface area contributed by atoms with Crippen molar-refractivity contribution in [2.45, 2.75) is 6.54 Å². The third kappa shape index (κ3) is 1.35. The van der Waals surface area contributed by atoms with E-state index in [9.17, 15) is 4.79 Å². The molecule has 2 aliphatic rings. The van der Waals surface area contributed by atoms with Crippen LogP contribution in [-0.4, -0.2) is 16.3 Å². The smallest absolute Gasteiger partial charge is 0.262 e. The molecule has 3 aromatic rings. The molecule has 0 saturated carbocycles. The Bertz CT molecular complexity index is 975. The van der Waals surface area contributed by atoms with Crippen LogP contribution in [0, 0.1) is 0 Å². The molecule has 2 aliphatic heterocycles. The van der Waals surface area contributed by atoms with Gasteiger partial charge in [-0.15, -0.1) is 0 Å². The first-order valence-corrected chi connectivity index (χ1v) is 6.74. The van der Waals surface area contributed by atoms with Crippen molar-refractivity contribution >= 4 is 10.9 Å². The van der Waals surface area contributed by atoms with Crippen LogP contribution in [0.5, 0.6) is 11.5 Å². The molecule has 0 bridgehead atoms. The van der Waals surface area contributed by atoms with Gasteiger partial charge in [0.1, 0.15) is 5.82 Å². The summed E-state index contributed by atoms with van der Waals surface area (Å²) in [6, 6.07) is 11.5. The summed E-state index contributed by atoms with van der Waals surface area (Å²) >= 11 is 0. The fourth-order valence-corrected chi connectivity index (χ4v) is 3.01. The fraction of sp³-hybridized carbons (Fsp3) is 0.125. The number of rotatable bonds is 0. The first kappa shape index (κ1) is 10.9. The lowest BCUT2D eigenvalue weighted by Gasteiger charge is -2.06. The maximum atomic E-state index is 12.7. The molecule has 0 aliphatic carbocycles. The predicted molar refractivity (Wildman–Crippen MR) is 76.7 cm³/mol. The summed E-state index contributed by atoms with van der Waals surface area (Å²) in [5, 5.41) is 0.566. The highest BCUT2D eigenvalue weighted by atomic mass is 16.7. The quantitative estimate of drug-likeness (QED) is 0.494. The monoisotopic (exact) mass is 278 g/mol. The zero-order chi connectivity index (χ0) is 14.0. The van der Waals surface area contributed by atoms with Crippen molar-refractivity contribution in [2.75, 3.05) is 6.79 Å². The van der Waals surface area contributed by atoms with E-state index in [-0.39, 0.29) is 12.4 Å². The van der Waals surface area contributed by atoms with Gasteiger partial charge in [0.15, 0.2) is 11.5 Å². The van der Waals surface area contributed by atoms with Crippen LogP contribution < -0.4 is 15.0 Å². The first-order valence-electron chi connectivity index (χ1n) is 6.74. The van der Waals surface area contributed by atoms with E-state index >= 15 is 0 Å². The molecule has 102 valence electrons. The van der Waals surface area contributed by atoms with Gasteiger partial charge in [0.25, 0.3) is 5.56 Å². The lowest BCUT2D eigenvalue weighted by atomic mass is 10.1. The van der Waals surface area contributed by atoms with Crippen LogP contribution >= 0.6 is 0 Å².